The van der Waals surface area contributed by atoms with E-state index < -0.39 is 23.5 Å². The highest BCUT2D eigenvalue weighted by Crippen LogP contribution is 2.43. The van der Waals surface area contributed by atoms with E-state index >= 15 is 0 Å². The van der Waals surface area contributed by atoms with Crippen LogP contribution in [0.3, 0.4) is 0 Å². The van der Waals surface area contributed by atoms with Crippen LogP contribution in [0.25, 0.3) is 0 Å². The van der Waals surface area contributed by atoms with E-state index in [2.05, 4.69) is 0 Å². The standard InChI is InChI=1S/C21H13Cl2NO4S/c22-12-3-1-4-13(10-12)24-18(11-6-7-15(25)14(23)9-11)17(20(27)21(24)28)19(26)16-5-2-8-29-16/h1-10,18,25,27H. The zero-order chi connectivity index (χ0) is 20.7. The SMILES string of the molecule is O=C(C1=C(O)C(=O)N(c2cccc(Cl)c2)C1c1ccc(O)c(Cl)c1)c1cccs1. The first-order chi connectivity index (χ1) is 13.9. The summed E-state index contributed by atoms with van der Waals surface area (Å²) in [5, 5.41) is 22.6. The van der Waals surface area contributed by atoms with Gasteiger partial charge in [-0.05, 0) is 47.3 Å². The Morgan fingerprint density at radius 1 is 1.03 bits per heavy atom. The Morgan fingerprint density at radius 2 is 1.83 bits per heavy atom. The van der Waals surface area contributed by atoms with Crippen molar-refractivity contribution in [2.24, 2.45) is 0 Å². The number of amides is 1. The number of aliphatic hydroxyl groups excluding tert-OH is 1. The number of rotatable bonds is 4. The Morgan fingerprint density at radius 3 is 2.48 bits per heavy atom. The average Bonchev–Trinajstić information content (AvgIpc) is 3.31. The third-order valence-corrected chi connectivity index (χ3v) is 5.98. The van der Waals surface area contributed by atoms with Gasteiger partial charge in [0.1, 0.15) is 5.75 Å². The van der Waals surface area contributed by atoms with Crippen molar-refractivity contribution in [1.82, 2.24) is 0 Å². The van der Waals surface area contributed by atoms with Crippen LogP contribution in [-0.2, 0) is 4.79 Å². The van der Waals surface area contributed by atoms with Crippen molar-refractivity contribution in [3.8, 4) is 5.75 Å². The largest absolute Gasteiger partial charge is 0.506 e. The lowest BCUT2D eigenvalue weighted by Gasteiger charge is -2.27. The monoisotopic (exact) mass is 445 g/mol. The molecule has 8 heteroatoms. The van der Waals surface area contributed by atoms with Gasteiger partial charge >= 0.3 is 0 Å². The van der Waals surface area contributed by atoms with Gasteiger partial charge in [-0.15, -0.1) is 11.3 Å². The average molecular weight is 446 g/mol. The molecule has 1 atom stereocenters. The normalized spacial score (nSPS) is 16.6. The molecule has 4 rings (SSSR count). The molecule has 0 aliphatic carbocycles. The number of ketones is 1. The van der Waals surface area contributed by atoms with Gasteiger partial charge in [-0.1, -0.05) is 41.4 Å². The van der Waals surface area contributed by atoms with Gasteiger partial charge < -0.3 is 10.2 Å². The van der Waals surface area contributed by atoms with Crippen molar-refractivity contribution < 1.29 is 19.8 Å². The molecule has 3 aromatic rings. The van der Waals surface area contributed by atoms with Crippen molar-refractivity contribution in [2.45, 2.75) is 6.04 Å². The Bertz CT molecular complexity index is 1160. The number of anilines is 1. The van der Waals surface area contributed by atoms with E-state index in [0.717, 1.165) is 0 Å². The van der Waals surface area contributed by atoms with Gasteiger partial charge in [-0.2, -0.15) is 0 Å². The number of carbonyl (C=O) groups excluding carboxylic acids is 2. The van der Waals surface area contributed by atoms with Gasteiger partial charge in [0, 0.05) is 10.7 Å². The molecule has 1 aromatic heterocycles. The molecule has 1 aliphatic heterocycles. The number of aliphatic hydroxyl groups is 1. The Hall–Kier alpha value is -2.80. The molecule has 0 bridgehead atoms. The van der Waals surface area contributed by atoms with Gasteiger partial charge in [0.25, 0.3) is 5.91 Å². The lowest BCUT2D eigenvalue weighted by molar-refractivity contribution is -0.117. The van der Waals surface area contributed by atoms with Crippen molar-refractivity contribution >= 4 is 51.9 Å². The van der Waals surface area contributed by atoms with Crippen LogP contribution in [0.4, 0.5) is 5.69 Å². The van der Waals surface area contributed by atoms with Crippen LogP contribution in [-0.4, -0.2) is 21.9 Å². The zero-order valence-corrected chi connectivity index (χ0v) is 17.0. The first kappa shape index (κ1) is 19.5. The van der Waals surface area contributed by atoms with Crippen LogP contribution in [0.5, 0.6) is 5.75 Å². The molecule has 0 fully saturated rings. The highest BCUT2D eigenvalue weighted by molar-refractivity contribution is 7.12. The fourth-order valence-electron chi connectivity index (χ4n) is 3.28. The highest BCUT2D eigenvalue weighted by atomic mass is 35.5. The van der Waals surface area contributed by atoms with Crippen LogP contribution < -0.4 is 4.90 Å². The van der Waals surface area contributed by atoms with Gasteiger partial charge in [-0.25, -0.2) is 0 Å². The summed E-state index contributed by atoms with van der Waals surface area (Å²) in [5.74, 6) is -1.93. The summed E-state index contributed by atoms with van der Waals surface area (Å²) < 4.78 is 0. The maximum absolute atomic E-state index is 13.1. The fraction of sp³-hybridized carbons (Fsp3) is 0.0476. The Labute approximate surface area is 180 Å². The summed E-state index contributed by atoms with van der Waals surface area (Å²) >= 11 is 13.4. The summed E-state index contributed by atoms with van der Waals surface area (Å²) in [7, 11) is 0. The molecule has 146 valence electrons. The predicted molar refractivity (Wildman–Crippen MR) is 113 cm³/mol. The minimum absolute atomic E-state index is 0.0563. The van der Waals surface area contributed by atoms with Crippen molar-refractivity contribution in [2.75, 3.05) is 4.90 Å². The molecule has 1 unspecified atom stereocenters. The maximum Gasteiger partial charge on any atom is 0.294 e. The highest BCUT2D eigenvalue weighted by Gasteiger charge is 2.45. The van der Waals surface area contributed by atoms with Gasteiger partial charge in [-0.3, -0.25) is 14.5 Å². The smallest absolute Gasteiger partial charge is 0.294 e. The molecule has 5 nitrogen and oxygen atoms in total. The number of aromatic hydroxyl groups is 1. The lowest BCUT2D eigenvalue weighted by Crippen LogP contribution is -2.31. The second-order valence-corrected chi connectivity index (χ2v) is 8.13. The van der Waals surface area contributed by atoms with Crippen LogP contribution in [0.1, 0.15) is 21.3 Å². The lowest BCUT2D eigenvalue weighted by atomic mass is 9.95. The number of hydrogen-bond donors (Lipinski definition) is 2. The minimum atomic E-state index is -0.936. The van der Waals surface area contributed by atoms with Gasteiger partial charge in [0.15, 0.2) is 5.76 Å². The van der Waals surface area contributed by atoms with E-state index in [4.69, 9.17) is 23.2 Å². The number of halogens is 2. The molecule has 0 saturated carbocycles. The zero-order valence-electron chi connectivity index (χ0n) is 14.7. The third kappa shape index (κ3) is 3.40. The number of carbonyl (C=O) groups is 2. The second kappa shape index (κ2) is 7.55. The summed E-state index contributed by atoms with van der Waals surface area (Å²) in [6, 6.07) is 13.3. The molecule has 2 N–H and O–H groups in total. The summed E-state index contributed by atoms with van der Waals surface area (Å²) in [4.78, 5) is 27.8. The molecule has 2 heterocycles. The van der Waals surface area contributed by atoms with E-state index in [-0.39, 0.29) is 16.3 Å². The topological polar surface area (TPSA) is 77.8 Å². The minimum Gasteiger partial charge on any atom is -0.506 e. The summed E-state index contributed by atoms with van der Waals surface area (Å²) in [6.07, 6.45) is 0. The van der Waals surface area contributed by atoms with Crippen LogP contribution in [0.15, 0.2) is 71.3 Å². The van der Waals surface area contributed by atoms with E-state index in [1.54, 1.807) is 47.8 Å². The third-order valence-electron chi connectivity index (χ3n) is 4.57. The summed E-state index contributed by atoms with van der Waals surface area (Å²) in [6.45, 7) is 0. The van der Waals surface area contributed by atoms with Crippen LogP contribution >= 0.6 is 34.5 Å². The van der Waals surface area contributed by atoms with Crippen LogP contribution in [0.2, 0.25) is 10.0 Å². The fourth-order valence-corrected chi connectivity index (χ4v) is 4.33. The molecule has 29 heavy (non-hydrogen) atoms. The summed E-state index contributed by atoms with van der Waals surface area (Å²) in [5.41, 5.74) is 0.821. The predicted octanol–water partition coefficient (Wildman–Crippen LogP) is 5.54. The van der Waals surface area contributed by atoms with E-state index in [0.29, 0.717) is 21.2 Å². The molecule has 2 aromatic carbocycles. The van der Waals surface area contributed by atoms with Crippen molar-refractivity contribution in [3.63, 3.8) is 0 Å². The van der Waals surface area contributed by atoms with Gasteiger partial charge in [0.05, 0.1) is 21.5 Å². The molecule has 1 aliphatic rings. The quantitative estimate of drug-likeness (QED) is 0.516. The number of nitrogens with zero attached hydrogens (tertiary/aromatic N) is 1. The van der Waals surface area contributed by atoms with Gasteiger partial charge in [0.2, 0.25) is 5.78 Å². The van der Waals surface area contributed by atoms with Crippen molar-refractivity contribution in [1.29, 1.82) is 0 Å². The first-order valence-electron chi connectivity index (χ1n) is 8.47. The number of hydrogen-bond acceptors (Lipinski definition) is 5. The molecule has 1 amide bonds. The number of phenols is 1. The van der Waals surface area contributed by atoms with E-state index in [9.17, 15) is 19.8 Å². The van der Waals surface area contributed by atoms with E-state index in [1.165, 1.54) is 28.4 Å². The Kier molecular flexibility index (Phi) is 5.08. The molecular formula is C21H13Cl2NO4S. The second-order valence-electron chi connectivity index (χ2n) is 6.34. The number of phenolic OH excluding ortho intramolecular Hbond substituents is 1. The van der Waals surface area contributed by atoms with Crippen molar-refractivity contribution in [3.05, 3.63) is 91.8 Å². The Balaban J connectivity index is 1.91. The number of benzene rings is 2. The number of Topliss-reactive ketones (excluding diaryl/α,β-unsaturated/α-hetero) is 1. The first-order valence-corrected chi connectivity index (χ1v) is 10.1. The number of thiophene rings is 1. The van der Waals surface area contributed by atoms with E-state index in [1.807, 2.05) is 0 Å². The van der Waals surface area contributed by atoms with Crippen LogP contribution in [0, 0.1) is 0 Å². The molecule has 0 saturated heterocycles. The molecule has 0 radical (unpaired) electrons. The molecular weight excluding hydrogens is 433 g/mol. The maximum atomic E-state index is 13.1. The molecule has 0 spiro atoms.